The Morgan fingerprint density at radius 2 is 1.75 bits per heavy atom. The molecule has 0 saturated heterocycles. The van der Waals surface area contributed by atoms with Crippen molar-refractivity contribution in [1.29, 1.82) is 0 Å². The van der Waals surface area contributed by atoms with Crippen molar-refractivity contribution in [3.63, 3.8) is 0 Å². The predicted molar refractivity (Wildman–Crippen MR) is 78.5 cm³/mol. The van der Waals surface area contributed by atoms with Gasteiger partial charge in [0.2, 0.25) is 0 Å². The average Bonchev–Trinajstić information content (AvgIpc) is 2.46. The number of hydrogen-bond acceptors (Lipinski definition) is 3. The zero-order chi connectivity index (χ0) is 14.5. The summed E-state index contributed by atoms with van der Waals surface area (Å²) in [5.41, 5.74) is 2.93. The van der Waals surface area contributed by atoms with Crippen LogP contribution in [0.15, 0.2) is 42.5 Å². The Kier molecular flexibility index (Phi) is 4.41. The Morgan fingerprint density at radius 1 is 1.05 bits per heavy atom. The maximum absolute atomic E-state index is 11.3. The van der Waals surface area contributed by atoms with Gasteiger partial charge in [-0.15, -0.1) is 0 Å². The van der Waals surface area contributed by atoms with E-state index >= 15 is 0 Å². The van der Waals surface area contributed by atoms with Crippen molar-refractivity contribution in [2.45, 2.75) is 20.5 Å². The van der Waals surface area contributed by atoms with Crippen LogP contribution in [-0.4, -0.2) is 12.9 Å². The van der Waals surface area contributed by atoms with Crippen molar-refractivity contribution >= 4 is 5.78 Å². The first-order valence-electron chi connectivity index (χ1n) is 6.47. The van der Waals surface area contributed by atoms with Gasteiger partial charge >= 0.3 is 0 Å². The van der Waals surface area contributed by atoms with Gasteiger partial charge in [0.25, 0.3) is 0 Å². The summed E-state index contributed by atoms with van der Waals surface area (Å²) in [7, 11) is 1.57. The van der Waals surface area contributed by atoms with Gasteiger partial charge in [-0.05, 0) is 37.6 Å². The van der Waals surface area contributed by atoms with Crippen LogP contribution in [0.25, 0.3) is 0 Å². The highest BCUT2D eigenvalue weighted by atomic mass is 16.5. The summed E-state index contributed by atoms with van der Waals surface area (Å²) in [6.07, 6.45) is 0. The molecule has 0 radical (unpaired) electrons. The van der Waals surface area contributed by atoms with Crippen molar-refractivity contribution in [2.75, 3.05) is 7.11 Å². The molecule has 3 heteroatoms. The molecular formula is C17H18O3. The van der Waals surface area contributed by atoms with E-state index in [1.807, 2.05) is 19.1 Å². The van der Waals surface area contributed by atoms with E-state index in [0.717, 1.165) is 5.56 Å². The van der Waals surface area contributed by atoms with Crippen LogP contribution in [0.4, 0.5) is 0 Å². The Hall–Kier alpha value is -2.29. The molecule has 0 bridgehead atoms. The molecule has 0 fully saturated rings. The van der Waals surface area contributed by atoms with Crippen molar-refractivity contribution in [2.24, 2.45) is 0 Å². The fourth-order valence-corrected chi connectivity index (χ4v) is 1.85. The van der Waals surface area contributed by atoms with E-state index in [1.165, 1.54) is 12.5 Å². The van der Waals surface area contributed by atoms with Crippen LogP contribution < -0.4 is 9.47 Å². The first-order chi connectivity index (χ1) is 9.60. The SMILES string of the molecule is COc1cc(C(C)=O)ccc1OCc1ccc(C)cc1. The van der Waals surface area contributed by atoms with Crippen LogP contribution in [0.5, 0.6) is 11.5 Å². The van der Waals surface area contributed by atoms with Crippen LogP contribution in [0.3, 0.4) is 0 Å². The van der Waals surface area contributed by atoms with E-state index in [9.17, 15) is 4.79 Å². The second-order valence-corrected chi connectivity index (χ2v) is 4.70. The number of aryl methyl sites for hydroxylation is 1. The number of ketones is 1. The zero-order valence-electron chi connectivity index (χ0n) is 12.0. The number of hydrogen-bond donors (Lipinski definition) is 0. The van der Waals surface area contributed by atoms with Gasteiger partial charge in [0.1, 0.15) is 6.61 Å². The quantitative estimate of drug-likeness (QED) is 0.775. The fourth-order valence-electron chi connectivity index (χ4n) is 1.85. The number of methoxy groups -OCH3 is 1. The molecule has 0 amide bonds. The van der Waals surface area contributed by atoms with Gasteiger partial charge < -0.3 is 9.47 Å². The molecule has 0 N–H and O–H groups in total. The number of carbonyl (C=O) groups excluding carboxylic acids is 1. The number of carbonyl (C=O) groups is 1. The van der Waals surface area contributed by atoms with Crippen LogP contribution in [0, 0.1) is 6.92 Å². The lowest BCUT2D eigenvalue weighted by Gasteiger charge is -2.11. The third kappa shape index (κ3) is 3.38. The van der Waals surface area contributed by atoms with Gasteiger partial charge in [-0.3, -0.25) is 4.79 Å². The molecule has 20 heavy (non-hydrogen) atoms. The van der Waals surface area contributed by atoms with Crippen molar-refractivity contribution < 1.29 is 14.3 Å². The largest absolute Gasteiger partial charge is 0.493 e. The molecule has 3 nitrogen and oxygen atoms in total. The van der Waals surface area contributed by atoms with E-state index in [1.54, 1.807) is 25.3 Å². The maximum atomic E-state index is 11.3. The molecule has 104 valence electrons. The minimum Gasteiger partial charge on any atom is -0.493 e. The lowest BCUT2D eigenvalue weighted by molar-refractivity contribution is 0.101. The summed E-state index contributed by atoms with van der Waals surface area (Å²) < 4.78 is 11.0. The lowest BCUT2D eigenvalue weighted by Crippen LogP contribution is -1.99. The number of benzene rings is 2. The smallest absolute Gasteiger partial charge is 0.161 e. The van der Waals surface area contributed by atoms with E-state index in [4.69, 9.17) is 9.47 Å². The summed E-state index contributed by atoms with van der Waals surface area (Å²) in [5, 5.41) is 0. The van der Waals surface area contributed by atoms with Crippen LogP contribution in [-0.2, 0) is 6.61 Å². The van der Waals surface area contributed by atoms with Gasteiger partial charge in [0.15, 0.2) is 17.3 Å². The van der Waals surface area contributed by atoms with Crippen LogP contribution >= 0.6 is 0 Å². The molecule has 2 aromatic carbocycles. The van der Waals surface area contributed by atoms with Crippen molar-refractivity contribution in [3.05, 3.63) is 59.2 Å². The highest BCUT2D eigenvalue weighted by Gasteiger charge is 2.08. The fraction of sp³-hybridized carbons (Fsp3) is 0.235. The second kappa shape index (κ2) is 6.24. The third-order valence-electron chi connectivity index (χ3n) is 3.09. The monoisotopic (exact) mass is 270 g/mol. The molecule has 2 rings (SSSR count). The normalized spacial score (nSPS) is 10.2. The molecule has 0 saturated carbocycles. The summed E-state index contributed by atoms with van der Waals surface area (Å²) in [4.78, 5) is 11.3. The molecule has 0 aliphatic rings. The predicted octanol–water partition coefficient (Wildman–Crippen LogP) is 3.79. The molecule has 0 aliphatic carbocycles. The highest BCUT2D eigenvalue weighted by molar-refractivity contribution is 5.94. The summed E-state index contributed by atoms with van der Waals surface area (Å²) >= 11 is 0. The first-order valence-corrected chi connectivity index (χ1v) is 6.47. The third-order valence-corrected chi connectivity index (χ3v) is 3.09. The zero-order valence-corrected chi connectivity index (χ0v) is 12.0. The molecular weight excluding hydrogens is 252 g/mol. The summed E-state index contributed by atoms with van der Waals surface area (Å²) in [5.74, 6) is 1.22. The van der Waals surface area contributed by atoms with Gasteiger partial charge in [-0.25, -0.2) is 0 Å². The summed E-state index contributed by atoms with van der Waals surface area (Å²) in [6, 6.07) is 13.4. The molecule has 0 aliphatic heterocycles. The van der Waals surface area contributed by atoms with E-state index in [0.29, 0.717) is 23.7 Å². The molecule has 0 atom stereocenters. The first kappa shape index (κ1) is 14.1. The van der Waals surface area contributed by atoms with Crippen LogP contribution in [0.1, 0.15) is 28.4 Å². The van der Waals surface area contributed by atoms with Crippen LogP contribution in [0.2, 0.25) is 0 Å². The lowest BCUT2D eigenvalue weighted by atomic mass is 10.1. The Morgan fingerprint density at radius 3 is 2.35 bits per heavy atom. The summed E-state index contributed by atoms with van der Waals surface area (Å²) in [6.45, 7) is 4.05. The average molecular weight is 270 g/mol. The maximum Gasteiger partial charge on any atom is 0.161 e. The molecule has 0 unspecified atom stereocenters. The Labute approximate surface area is 119 Å². The minimum atomic E-state index is 0.00776. The minimum absolute atomic E-state index is 0.00776. The molecule has 0 heterocycles. The number of Topliss-reactive ketones (excluding diaryl/α,β-unsaturated/α-hetero) is 1. The molecule has 0 spiro atoms. The van der Waals surface area contributed by atoms with Crippen molar-refractivity contribution in [1.82, 2.24) is 0 Å². The Bertz CT molecular complexity index is 600. The molecule has 2 aromatic rings. The van der Waals surface area contributed by atoms with E-state index in [2.05, 4.69) is 12.1 Å². The second-order valence-electron chi connectivity index (χ2n) is 4.70. The van der Waals surface area contributed by atoms with Crippen molar-refractivity contribution in [3.8, 4) is 11.5 Å². The standard InChI is InChI=1S/C17H18O3/c1-12-4-6-14(7-5-12)11-20-16-9-8-15(13(2)18)10-17(16)19-3/h4-10H,11H2,1-3H3. The Balaban J connectivity index is 2.12. The highest BCUT2D eigenvalue weighted by Crippen LogP contribution is 2.29. The number of ether oxygens (including phenoxy) is 2. The van der Waals surface area contributed by atoms with E-state index < -0.39 is 0 Å². The van der Waals surface area contributed by atoms with Gasteiger partial charge in [0.05, 0.1) is 7.11 Å². The number of rotatable bonds is 5. The van der Waals surface area contributed by atoms with Gasteiger partial charge in [-0.2, -0.15) is 0 Å². The van der Waals surface area contributed by atoms with E-state index in [-0.39, 0.29) is 5.78 Å². The van der Waals surface area contributed by atoms with Gasteiger partial charge in [0, 0.05) is 5.56 Å². The van der Waals surface area contributed by atoms with Gasteiger partial charge in [-0.1, -0.05) is 29.8 Å². The molecule has 0 aromatic heterocycles. The topological polar surface area (TPSA) is 35.5 Å².